The molecule has 1 N–H and O–H groups in total. The Morgan fingerprint density at radius 1 is 1.31 bits per heavy atom. The Morgan fingerprint density at radius 2 is 2.23 bits per heavy atom. The van der Waals surface area contributed by atoms with Crippen LogP contribution in [0.15, 0.2) is 18.2 Å². The van der Waals surface area contributed by atoms with Crippen molar-refractivity contribution in [3.05, 3.63) is 29.6 Å². The van der Waals surface area contributed by atoms with E-state index in [4.69, 9.17) is 0 Å². The van der Waals surface area contributed by atoms with Gasteiger partial charge in [0.05, 0.1) is 0 Å². The molecule has 1 aromatic carbocycles. The molecule has 0 radical (unpaired) electrons. The maximum absolute atomic E-state index is 12.9. The van der Waals surface area contributed by atoms with Crippen LogP contribution in [0, 0.1) is 11.7 Å². The fourth-order valence-electron chi connectivity index (χ4n) is 2.36. The second kappa shape index (κ2) is 2.47. The molecule has 2 unspecified atom stereocenters. The molecule has 1 heterocycles. The minimum absolute atomic E-state index is 0.113. The molecule has 1 aliphatic heterocycles. The van der Waals surface area contributed by atoms with Crippen LogP contribution in [0.2, 0.25) is 0 Å². The van der Waals surface area contributed by atoms with Gasteiger partial charge in [-0.3, -0.25) is 0 Å². The molecule has 0 bridgehead atoms. The highest BCUT2D eigenvalue weighted by Gasteiger charge is 2.34. The molecule has 3 rings (SSSR count). The summed E-state index contributed by atoms with van der Waals surface area (Å²) in [5.74, 6) is 0.646. The number of benzene rings is 1. The van der Waals surface area contributed by atoms with Gasteiger partial charge in [-0.15, -0.1) is 0 Å². The van der Waals surface area contributed by atoms with Crippen molar-refractivity contribution in [3.8, 4) is 0 Å². The Balaban J connectivity index is 2.00. The molecule has 0 aromatic heterocycles. The van der Waals surface area contributed by atoms with E-state index in [1.165, 1.54) is 18.9 Å². The van der Waals surface area contributed by atoms with Crippen LogP contribution in [0.3, 0.4) is 0 Å². The first-order chi connectivity index (χ1) is 6.33. The third-order valence-electron chi connectivity index (χ3n) is 3.31. The molecule has 1 nitrogen and oxygen atoms in total. The van der Waals surface area contributed by atoms with E-state index >= 15 is 0 Å². The van der Waals surface area contributed by atoms with Crippen molar-refractivity contribution in [1.82, 2.24) is 0 Å². The third-order valence-corrected chi connectivity index (χ3v) is 3.31. The van der Waals surface area contributed by atoms with Crippen LogP contribution >= 0.6 is 0 Å². The van der Waals surface area contributed by atoms with E-state index < -0.39 is 0 Å². The minimum atomic E-state index is -0.113. The van der Waals surface area contributed by atoms with E-state index in [2.05, 4.69) is 5.32 Å². The molecule has 0 spiro atoms. The van der Waals surface area contributed by atoms with Crippen LogP contribution in [-0.2, 0) is 6.42 Å². The summed E-state index contributed by atoms with van der Waals surface area (Å²) in [7, 11) is 0. The summed E-state index contributed by atoms with van der Waals surface area (Å²) in [6.45, 7) is 0. The van der Waals surface area contributed by atoms with Crippen molar-refractivity contribution >= 4 is 5.69 Å². The fourth-order valence-corrected chi connectivity index (χ4v) is 2.36. The van der Waals surface area contributed by atoms with Crippen molar-refractivity contribution in [1.29, 1.82) is 0 Å². The molecule has 1 saturated carbocycles. The van der Waals surface area contributed by atoms with Crippen LogP contribution in [0.1, 0.15) is 18.4 Å². The van der Waals surface area contributed by atoms with Gasteiger partial charge in [0.15, 0.2) is 0 Å². The number of rotatable bonds is 0. The van der Waals surface area contributed by atoms with Crippen LogP contribution in [0.25, 0.3) is 0 Å². The number of halogens is 1. The molecule has 2 atom stereocenters. The summed E-state index contributed by atoms with van der Waals surface area (Å²) in [4.78, 5) is 0. The van der Waals surface area contributed by atoms with E-state index in [9.17, 15) is 4.39 Å². The fraction of sp³-hybridized carbons (Fsp3) is 0.455. The second-order valence-corrected chi connectivity index (χ2v) is 4.09. The minimum Gasteiger partial charge on any atom is -0.382 e. The monoisotopic (exact) mass is 177 g/mol. The van der Waals surface area contributed by atoms with Gasteiger partial charge in [0, 0.05) is 11.7 Å². The van der Waals surface area contributed by atoms with Gasteiger partial charge < -0.3 is 5.32 Å². The van der Waals surface area contributed by atoms with E-state index in [-0.39, 0.29) is 5.82 Å². The third kappa shape index (κ3) is 1.05. The number of fused-ring (bicyclic) bond motifs is 2. The summed E-state index contributed by atoms with van der Waals surface area (Å²) in [5.41, 5.74) is 2.29. The predicted octanol–water partition coefficient (Wildman–Crippen LogP) is 2.57. The predicted molar refractivity (Wildman–Crippen MR) is 50.2 cm³/mol. The topological polar surface area (TPSA) is 12.0 Å². The van der Waals surface area contributed by atoms with Crippen molar-refractivity contribution in [3.63, 3.8) is 0 Å². The van der Waals surface area contributed by atoms with Crippen LogP contribution < -0.4 is 5.32 Å². The number of nitrogens with one attached hydrogen (secondary N) is 1. The normalized spacial score (nSPS) is 29.6. The highest BCUT2D eigenvalue weighted by molar-refractivity contribution is 5.55. The molecule has 1 aromatic rings. The number of hydrogen-bond acceptors (Lipinski definition) is 1. The first-order valence-corrected chi connectivity index (χ1v) is 4.88. The van der Waals surface area contributed by atoms with Crippen molar-refractivity contribution in [2.45, 2.75) is 25.3 Å². The first kappa shape index (κ1) is 7.36. The molecule has 0 amide bonds. The highest BCUT2D eigenvalue weighted by atomic mass is 19.1. The average molecular weight is 177 g/mol. The molecule has 2 heteroatoms. The first-order valence-electron chi connectivity index (χ1n) is 4.88. The van der Waals surface area contributed by atoms with E-state index in [1.54, 1.807) is 6.07 Å². The van der Waals surface area contributed by atoms with Gasteiger partial charge in [-0.1, -0.05) is 0 Å². The lowest BCUT2D eigenvalue weighted by Crippen LogP contribution is -2.42. The molecule has 0 saturated heterocycles. The maximum atomic E-state index is 12.9. The van der Waals surface area contributed by atoms with Crippen molar-refractivity contribution in [2.24, 2.45) is 5.92 Å². The summed E-state index contributed by atoms with van der Waals surface area (Å²) in [6.07, 6.45) is 3.64. The Labute approximate surface area is 77.0 Å². The zero-order valence-electron chi connectivity index (χ0n) is 7.39. The molecule has 1 aliphatic carbocycles. The zero-order valence-corrected chi connectivity index (χ0v) is 7.39. The molecule has 68 valence electrons. The maximum Gasteiger partial charge on any atom is 0.123 e. The SMILES string of the molecule is Fc1ccc2c(c1)CC1CCC1N2. The highest BCUT2D eigenvalue weighted by Crippen LogP contribution is 2.39. The summed E-state index contributed by atoms with van der Waals surface area (Å²) >= 11 is 0. The van der Waals surface area contributed by atoms with Crippen LogP contribution in [0.4, 0.5) is 10.1 Å². The van der Waals surface area contributed by atoms with Crippen molar-refractivity contribution in [2.75, 3.05) is 5.32 Å². The Bertz CT molecular complexity index is 348. The lowest BCUT2D eigenvalue weighted by molar-refractivity contribution is 0.266. The van der Waals surface area contributed by atoms with Gasteiger partial charge in [0.2, 0.25) is 0 Å². The van der Waals surface area contributed by atoms with E-state index in [0.29, 0.717) is 6.04 Å². The smallest absolute Gasteiger partial charge is 0.123 e. The summed E-state index contributed by atoms with van der Waals surface area (Å²) in [6, 6.07) is 5.72. The molecule has 13 heavy (non-hydrogen) atoms. The van der Waals surface area contributed by atoms with Crippen molar-refractivity contribution < 1.29 is 4.39 Å². The second-order valence-electron chi connectivity index (χ2n) is 4.09. The Morgan fingerprint density at radius 3 is 3.00 bits per heavy atom. The molecule has 2 aliphatic rings. The average Bonchev–Trinajstić information content (AvgIpc) is 2.09. The lowest BCUT2D eigenvalue weighted by Gasteiger charge is -2.42. The number of anilines is 1. The summed E-state index contributed by atoms with van der Waals surface area (Å²) in [5, 5.41) is 3.46. The van der Waals surface area contributed by atoms with E-state index in [0.717, 1.165) is 23.6 Å². The van der Waals surface area contributed by atoms with Crippen LogP contribution in [-0.4, -0.2) is 6.04 Å². The largest absolute Gasteiger partial charge is 0.382 e. The van der Waals surface area contributed by atoms with Gasteiger partial charge in [0.25, 0.3) is 0 Å². The lowest BCUT2D eigenvalue weighted by atomic mass is 9.73. The Hall–Kier alpha value is -1.05. The van der Waals surface area contributed by atoms with Crippen LogP contribution in [0.5, 0.6) is 0 Å². The molecular formula is C11H12FN. The van der Waals surface area contributed by atoms with Gasteiger partial charge in [-0.25, -0.2) is 4.39 Å². The van der Waals surface area contributed by atoms with Gasteiger partial charge in [-0.2, -0.15) is 0 Å². The molecule has 1 fully saturated rings. The van der Waals surface area contributed by atoms with E-state index in [1.807, 2.05) is 6.07 Å². The van der Waals surface area contributed by atoms with Gasteiger partial charge in [-0.05, 0) is 48.9 Å². The summed E-state index contributed by atoms with van der Waals surface area (Å²) < 4.78 is 12.9. The number of hydrogen-bond donors (Lipinski definition) is 1. The quantitative estimate of drug-likeness (QED) is 0.642. The standard InChI is InChI=1S/C11H12FN/c12-9-2-4-11-8(6-9)5-7-1-3-10(7)13-11/h2,4,6-7,10,13H,1,3,5H2. The zero-order chi connectivity index (χ0) is 8.84. The van der Waals surface area contributed by atoms with Gasteiger partial charge in [0.1, 0.15) is 5.82 Å². The Kier molecular flexibility index (Phi) is 1.40. The van der Waals surface area contributed by atoms with Gasteiger partial charge >= 0.3 is 0 Å². The molecular weight excluding hydrogens is 165 g/mol.